The molecule has 2 fully saturated rings. The van der Waals surface area contributed by atoms with E-state index in [1.54, 1.807) is 0 Å². The van der Waals surface area contributed by atoms with E-state index in [9.17, 15) is 0 Å². The van der Waals surface area contributed by atoms with Crippen molar-refractivity contribution in [2.75, 3.05) is 32.8 Å². The average molecular weight is 651 g/mol. The second kappa shape index (κ2) is 20.7. The van der Waals surface area contributed by atoms with E-state index in [2.05, 4.69) is 52.5 Å². The van der Waals surface area contributed by atoms with E-state index < -0.39 is 8.38 Å². The molecule has 2 aliphatic rings. The summed E-state index contributed by atoms with van der Waals surface area (Å²) in [5.74, 6) is 3.03. The Balaban J connectivity index is 0.000000604. The Labute approximate surface area is 222 Å². The first kappa shape index (κ1) is 33.5. The standard InChI is InChI=1S/C14H26N.C13H25NO2P.W/c1-2-15(11-13-7-3-4-8-13)12-14-9-5-6-10-14;1-6-9-15-17(16-10-7-8-14)13(11(2)3)12(4)5;/h13-14H,1-12H2;11-13H,1,6-7,9-10H2,2-5H3;/q2*-1;+2. The van der Waals surface area contributed by atoms with Crippen LogP contribution in [0.5, 0.6) is 0 Å². The number of hydrogen-bond acceptors (Lipinski definition) is 4. The summed E-state index contributed by atoms with van der Waals surface area (Å²) in [7, 11) is -0.912. The minimum atomic E-state index is -0.912. The van der Waals surface area contributed by atoms with Crippen LogP contribution < -0.4 is 0 Å². The Morgan fingerprint density at radius 2 is 1.33 bits per heavy atom. The molecule has 192 valence electrons. The van der Waals surface area contributed by atoms with Gasteiger partial charge in [-0.3, -0.25) is 0 Å². The molecule has 33 heavy (non-hydrogen) atoms. The van der Waals surface area contributed by atoms with Gasteiger partial charge in [-0.15, -0.1) is 6.54 Å². The summed E-state index contributed by atoms with van der Waals surface area (Å²) in [5, 5.41) is 8.54. The second-order valence-electron chi connectivity index (χ2n) is 10.3. The molecule has 0 N–H and O–H groups in total. The third kappa shape index (κ3) is 14.6. The molecule has 0 amide bonds. The summed E-state index contributed by atoms with van der Waals surface area (Å²) >= 11 is 0. The van der Waals surface area contributed by atoms with Crippen molar-refractivity contribution in [2.24, 2.45) is 23.7 Å². The van der Waals surface area contributed by atoms with Gasteiger partial charge in [0.05, 0.1) is 19.1 Å². The molecule has 1 unspecified atom stereocenters. The van der Waals surface area contributed by atoms with Gasteiger partial charge in [-0.1, -0.05) is 53.4 Å². The van der Waals surface area contributed by atoms with Crippen LogP contribution in [0.1, 0.15) is 91.9 Å². The van der Waals surface area contributed by atoms with E-state index in [0.29, 0.717) is 37.1 Å². The second-order valence-corrected chi connectivity index (χ2v) is 11.9. The van der Waals surface area contributed by atoms with E-state index >= 15 is 0 Å². The van der Waals surface area contributed by atoms with E-state index in [4.69, 9.17) is 14.3 Å². The minimum absolute atomic E-state index is 0. The molecule has 0 spiro atoms. The van der Waals surface area contributed by atoms with Crippen molar-refractivity contribution >= 4 is 8.38 Å². The van der Waals surface area contributed by atoms with Crippen LogP contribution in [0.25, 0.3) is 0 Å². The van der Waals surface area contributed by atoms with Gasteiger partial charge in [-0.2, -0.15) is 11.7 Å². The smallest absolute Gasteiger partial charge is 0.341 e. The maximum atomic E-state index is 8.54. The number of rotatable bonds is 14. The zero-order valence-corrected chi connectivity index (χ0v) is 25.8. The monoisotopic (exact) mass is 650 g/mol. The first-order valence-electron chi connectivity index (χ1n) is 13.2. The van der Waals surface area contributed by atoms with Gasteiger partial charge in [-0.25, -0.2) is 0 Å². The molecule has 0 radical (unpaired) electrons. The van der Waals surface area contributed by atoms with Crippen molar-refractivity contribution in [1.29, 1.82) is 5.26 Å². The summed E-state index contributed by atoms with van der Waals surface area (Å²) < 4.78 is 11.6. The van der Waals surface area contributed by atoms with Crippen LogP contribution in [0.4, 0.5) is 0 Å². The third-order valence-electron chi connectivity index (χ3n) is 6.70. The molecule has 0 aromatic carbocycles. The molecule has 4 nitrogen and oxygen atoms in total. The van der Waals surface area contributed by atoms with Gasteiger partial charge < -0.3 is 27.8 Å². The molecule has 2 aliphatic carbocycles. The quantitative estimate of drug-likeness (QED) is 0.110. The van der Waals surface area contributed by atoms with Gasteiger partial charge in [0.2, 0.25) is 0 Å². The van der Waals surface area contributed by atoms with Crippen molar-refractivity contribution in [3.8, 4) is 6.07 Å². The maximum Gasteiger partial charge on any atom is 2.00 e. The topological polar surface area (TPSA) is 45.5 Å². The fraction of sp³-hybridized carbons (Fsp3) is 0.889. The Morgan fingerprint density at radius 1 is 0.879 bits per heavy atom. The van der Waals surface area contributed by atoms with Crippen LogP contribution >= 0.6 is 8.38 Å². The largest absolute Gasteiger partial charge is 2.00 e. The summed E-state index contributed by atoms with van der Waals surface area (Å²) in [6.45, 7) is 21.4. The molecule has 2 saturated carbocycles. The van der Waals surface area contributed by atoms with Crippen LogP contribution in [0, 0.1) is 48.9 Å². The summed E-state index contributed by atoms with van der Waals surface area (Å²) in [4.78, 5) is 2.62. The van der Waals surface area contributed by atoms with Crippen molar-refractivity contribution in [3.63, 3.8) is 0 Å². The number of hydrogen-bond donors (Lipinski definition) is 0. The van der Waals surface area contributed by atoms with Gasteiger partial charge in [0.25, 0.3) is 0 Å². The van der Waals surface area contributed by atoms with E-state index in [-0.39, 0.29) is 21.1 Å². The summed E-state index contributed by atoms with van der Waals surface area (Å²) in [5.41, 5.74) is 0.412. The van der Waals surface area contributed by atoms with Crippen LogP contribution in [0.2, 0.25) is 0 Å². The fourth-order valence-electron chi connectivity index (χ4n) is 5.18. The van der Waals surface area contributed by atoms with Gasteiger partial charge in [-0.05, 0) is 62.4 Å². The molecule has 0 aromatic heterocycles. The first-order valence-corrected chi connectivity index (χ1v) is 14.4. The molecular formula is C27H51N2O2PW. The Kier molecular flexibility index (Phi) is 21.0. The Morgan fingerprint density at radius 3 is 1.70 bits per heavy atom. The van der Waals surface area contributed by atoms with Crippen molar-refractivity contribution in [3.05, 3.63) is 13.8 Å². The zero-order chi connectivity index (χ0) is 23.8. The normalized spacial score (nSPS) is 18.0. The molecule has 0 saturated heterocycles. The van der Waals surface area contributed by atoms with Gasteiger partial charge in [0, 0.05) is 12.3 Å². The number of nitriles is 1. The zero-order valence-electron chi connectivity index (χ0n) is 22.0. The Hall–Kier alpha value is 0.488. The minimum Gasteiger partial charge on any atom is -0.341 e. The molecule has 0 aliphatic heterocycles. The molecule has 0 heterocycles. The van der Waals surface area contributed by atoms with Crippen molar-refractivity contribution < 1.29 is 30.1 Å². The molecule has 0 aromatic rings. The molecule has 2 rings (SSSR count). The Bertz CT molecular complexity index is 463. The maximum absolute atomic E-state index is 8.54. The van der Waals surface area contributed by atoms with Gasteiger partial charge in [0.15, 0.2) is 8.38 Å². The fourth-order valence-corrected chi connectivity index (χ4v) is 7.15. The molecular weight excluding hydrogens is 599 g/mol. The van der Waals surface area contributed by atoms with Crippen LogP contribution in [-0.4, -0.2) is 43.4 Å². The molecule has 1 atom stereocenters. The van der Waals surface area contributed by atoms with Crippen LogP contribution in [-0.2, 0) is 30.1 Å². The molecule has 0 bridgehead atoms. The number of nitrogens with zero attached hydrogens (tertiary/aromatic N) is 2. The van der Waals surface area contributed by atoms with Crippen LogP contribution in [0.3, 0.4) is 0 Å². The first-order chi connectivity index (χ1) is 15.4. The predicted molar refractivity (Wildman–Crippen MR) is 138 cm³/mol. The van der Waals surface area contributed by atoms with Crippen molar-refractivity contribution in [2.45, 2.75) is 97.6 Å². The predicted octanol–water partition coefficient (Wildman–Crippen LogP) is 7.65. The SMILES string of the molecule is [CH2-]CCOP(OCCC#N)C(C(C)C)C(C)C.[CH2-]CN(CC1CCCC1)CC1CCCC1.[W+2]. The summed E-state index contributed by atoms with van der Waals surface area (Å²) in [6, 6.07) is 2.09. The van der Waals surface area contributed by atoms with Gasteiger partial charge >= 0.3 is 21.1 Å². The van der Waals surface area contributed by atoms with Gasteiger partial charge in [0.1, 0.15) is 0 Å². The molecule has 6 heteroatoms. The summed E-state index contributed by atoms with van der Waals surface area (Å²) in [6.07, 6.45) is 13.0. The van der Waals surface area contributed by atoms with E-state index in [0.717, 1.165) is 24.8 Å². The van der Waals surface area contributed by atoms with E-state index in [1.807, 2.05) is 0 Å². The average Bonchev–Trinajstić information content (AvgIpc) is 3.45. The van der Waals surface area contributed by atoms with Crippen LogP contribution in [0.15, 0.2) is 0 Å². The van der Waals surface area contributed by atoms with E-state index in [1.165, 1.54) is 64.5 Å². The van der Waals surface area contributed by atoms with Crippen molar-refractivity contribution in [1.82, 2.24) is 4.90 Å². The third-order valence-corrected chi connectivity index (χ3v) is 9.26.